The Kier molecular flexibility index (Phi) is 8.44. The molecule has 2 rings (SSSR count). The number of ether oxygens (including phenoxy) is 3. The van der Waals surface area contributed by atoms with Gasteiger partial charge in [-0.05, 0) is 38.8 Å². The van der Waals surface area contributed by atoms with Crippen molar-refractivity contribution in [3.05, 3.63) is 69.7 Å². The maximum Gasteiger partial charge on any atom is 0.331 e. The van der Waals surface area contributed by atoms with E-state index in [4.69, 9.17) is 25.8 Å². The maximum atomic E-state index is 13.1. The first-order valence-electron chi connectivity index (χ1n) is 10.5. The molecule has 172 valence electrons. The zero-order chi connectivity index (χ0) is 24.1. The summed E-state index contributed by atoms with van der Waals surface area (Å²) in [5.41, 5.74) is 0.179. The average Bonchev–Trinajstić information content (AvgIpc) is 2.73. The third-order valence-electron chi connectivity index (χ3n) is 5.16. The fourth-order valence-corrected chi connectivity index (χ4v) is 3.71. The minimum absolute atomic E-state index is 0.109. The molecule has 1 heterocycles. The molecule has 0 saturated carbocycles. The van der Waals surface area contributed by atoms with Crippen LogP contribution < -0.4 is 0 Å². The third-order valence-corrected chi connectivity index (χ3v) is 5.54. The average molecular weight is 461 g/mol. The Bertz CT molecular complexity index is 992. The molecule has 0 saturated heterocycles. The first kappa shape index (κ1) is 25.4. The molecule has 1 aliphatic carbocycles. The monoisotopic (exact) mass is 460 g/mol. The topological polar surface area (TPSA) is 78.9 Å². The fraction of sp³-hybridized carbons (Fsp3) is 0.400. The van der Waals surface area contributed by atoms with E-state index in [2.05, 4.69) is 19.9 Å². The van der Waals surface area contributed by atoms with Crippen LogP contribution in [0.4, 0.5) is 0 Å². The normalized spacial score (nSPS) is 23.4. The lowest BCUT2D eigenvalue weighted by Crippen LogP contribution is -2.46. The highest BCUT2D eigenvalue weighted by Gasteiger charge is 2.49. The van der Waals surface area contributed by atoms with Crippen molar-refractivity contribution in [2.24, 2.45) is 5.92 Å². The van der Waals surface area contributed by atoms with Gasteiger partial charge in [-0.15, -0.1) is 0 Å². The second-order valence-corrected chi connectivity index (χ2v) is 8.20. The van der Waals surface area contributed by atoms with Crippen molar-refractivity contribution in [2.45, 2.75) is 53.6 Å². The van der Waals surface area contributed by atoms with Gasteiger partial charge in [0.15, 0.2) is 5.60 Å². The fourth-order valence-electron chi connectivity index (χ4n) is 3.37. The van der Waals surface area contributed by atoms with Crippen LogP contribution in [0.2, 0.25) is 0 Å². The quantitative estimate of drug-likeness (QED) is 0.294. The van der Waals surface area contributed by atoms with Crippen LogP contribution in [0.5, 0.6) is 0 Å². The summed E-state index contributed by atoms with van der Waals surface area (Å²) in [4.78, 5) is 37.1. The molecule has 0 spiro atoms. The van der Waals surface area contributed by atoms with Gasteiger partial charge in [-0.2, -0.15) is 0 Å². The molecular weight excluding hydrogens is 432 g/mol. The molecule has 0 aromatic rings. The Morgan fingerprint density at radius 3 is 2.56 bits per heavy atom. The Morgan fingerprint density at radius 2 is 1.97 bits per heavy atom. The molecule has 0 radical (unpaired) electrons. The smallest absolute Gasteiger partial charge is 0.331 e. The summed E-state index contributed by atoms with van der Waals surface area (Å²) in [6.07, 6.45) is 11.0. The second-order valence-electron chi connectivity index (χ2n) is 7.82. The van der Waals surface area contributed by atoms with Crippen LogP contribution >= 0.6 is 11.6 Å². The van der Waals surface area contributed by atoms with E-state index in [9.17, 15) is 14.4 Å². The van der Waals surface area contributed by atoms with E-state index in [1.54, 1.807) is 19.1 Å². The lowest BCUT2D eigenvalue weighted by molar-refractivity contribution is -0.158. The van der Waals surface area contributed by atoms with Crippen LogP contribution in [0.1, 0.15) is 48.0 Å². The Labute approximate surface area is 193 Å². The lowest BCUT2D eigenvalue weighted by Gasteiger charge is -2.36. The van der Waals surface area contributed by atoms with Crippen molar-refractivity contribution in [1.29, 1.82) is 0 Å². The summed E-state index contributed by atoms with van der Waals surface area (Å²) in [7, 11) is 0. The Hall–Kier alpha value is -2.86. The van der Waals surface area contributed by atoms with Gasteiger partial charge in [-0.1, -0.05) is 49.6 Å². The van der Waals surface area contributed by atoms with Crippen LogP contribution in [0, 0.1) is 5.92 Å². The molecule has 0 aromatic heterocycles. The number of hydrogen-bond donors (Lipinski definition) is 0. The Balaban J connectivity index is 2.53. The number of ketones is 1. The van der Waals surface area contributed by atoms with E-state index >= 15 is 0 Å². The molecule has 0 amide bonds. The van der Waals surface area contributed by atoms with Crippen molar-refractivity contribution in [3.8, 4) is 0 Å². The zero-order valence-electron chi connectivity index (χ0n) is 19.3. The molecule has 6 nitrogen and oxygen atoms in total. The van der Waals surface area contributed by atoms with Crippen LogP contribution in [0.3, 0.4) is 0 Å². The van der Waals surface area contributed by atoms with E-state index in [-0.39, 0.29) is 17.2 Å². The van der Waals surface area contributed by atoms with Crippen LogP contribution in [-0.2, 0) is 28.6 Å². The van der Waals surface area contributed by atoms with Crippen LogP contribution in [-0.4, -0.2) is 29.9 Å². The predicted octanol–water partition coefficient (Wildman–Crippen LogP) is 5.22. The molecule has 7 heteroatoms. The molecular formula is C25H29ClO6. The molecule has 0 fully saturated rings. The number of fused-ring (bicyclic) bond motifs is 1. The van der Waals surface area contributed by atoms with Crippen molar-refractivity contribution < 1.29 is 28.6 Å². The SMILES string of the molecule is CCOC(=O)/C=C1/C2=COC(/C=C/C(C)=C/C(C)CC)=CC2=C(Cl)C(=O)[C@]1(C)OC(C)=O. The van der Waals surface area contributed by atoms with Gasteiger partial charge >= 0.3 is 11.9 Å². The second kappa shape index (κ2) is 10.6. The number of esters is 2. The predicted molar refractivity (Wildman–Crippen MR) is 122 cm³/mol. The number of rotatable bonds is 7. The van der Waals surface area contributed by atoms with E-state index in [1.165, 1.54) is 20.1 Å². The number of allylic oxidation sites excluding steroid dienone is 6. The first-order chi connectivity index (χ1) is 15.0. The number of halogens is 1. The number of Topliss-reactive ketones (excluding diaryl/α,β-unsaturated/α-hetero) is 1. The number of carbonyl (C=O) groups is 3. The minimum atomic E-state index is -1.79. The molecule has 0 bridgehead atoms. The number of hydrogen-bond acceptors (Lipinski definition) is 6. The minimum Gasteiger partial charge on any atom is -0.464 e. The van der Waals surface area contributed by atoms with E-state index in [0.29, 0.717) is 22.8 Å². The van der Waals surface area contributed by atoms with Gasteiger partial charge < -0.3 is 14.2 Å². The molecule has 0 aromatic carbocycles. The van der Waals surface area contributed by atoms with Gasteiger partial charge in [-0.25, -0.2) is 4.79 Å². The van der Waals surface area contributed by atoms with Crippen molar-refractivity contribution in [1.82, 2.24) is 0 Å². The van der Waals surface area contributed by atoms with E-state index in [0.717, 1.165) is 18.1 Å². The van der Waals surface area contributed by atoms with Crippen molar-refractivity contribution >= 4 is 29.3 Å². The first-order valence-corrected chi connectivity index (χ1v) is 10.9. The van der Waals surface area contributed by atoms with Crippen LogP contribution in [0.15, 0.2) is 69.7 Å². The summed E-state index contributed by atoms with van der Waals surface area (Å²) >= 11 is 6.41. The molecule has 2 aliphatic rings. The highest BCUT2D eigenvalue weighted by atomic mass is 35.5. The summed E-state index contributed by atoms with van der Waals surface area (Å²) in [6.45, 7) is 10.6. The van der Waals surface area contributed by atoms with Gasteiger partial charge in [0.2, 0.25) is 5.78 Å². The standard InChI is InChI=1S/C25H29ClO6/c1-7-15(3)11-16(4)9-10-18-12-19-20(14-31-18)21(13-22(28)30-8-2)25(6,32-17(5)27)24(29)23(19)26/h9-15H,7-8H2,1-6H3/b10-9+,16-11+,21-13-/t15?,25-/m1/s1. The van der Waals surface area contributed by atoms with Crippen molar-refractivity contribution in [2.75, 3.05) is 6.61 Å². The molecule has 2 atom stereocenters. The molecule has 0 N–H and O–H groups in total. The zero-order valence-corrected chi connectivity index (χ0v) is 20.0. The summed E-state index contributed by atoms with van der Waals surface area (Å²) in [5.74, 6) is -1.07. The summed E-state index contributed by atoms with van der Waals surface area (Å²) in [6, 6.07) is 0. The molecule has 32 heavy (non-hydrogen) atoms. The van der Waals surface area contributed by atoms with Crippen molar-refractivity contribution in [3.63, 3.8) is 0 Å². The highest BCUT2D eigenvalue weighted by Crippen LogP contribution is 2.44. The maximum absolute atomic E-state index is 13.1. The Morgan fingerprint density at radius 1 is 1.28 bits per heavy atom. The van der Waals surface area contributed by atoms with Gasteiger partial charge in [0.1, 0.15) is 5.76 Å². The van der Waals surface area contributed by atoms with Gasteiger partial charge in [0.25, 0.3) is 0 Å². The van der Waals surface area contributed by atoms with Crippen LogP contribution in [0.25, 0.3) is 0 Å². The molecule has 1 unspecified atom stereocenters. The van der Waals surface area contributed by atoms with Gasteiger partial charge in [0.05, 0.1) is 17.9 Å². The summed E-state index contributed by atoms with van der Waals surface area (Å²) in [5, 5.41) is -0.109. The highest BCUT2D eigenvalue weighted by molar-refractivity contribution is 6.45. The third kappa shape index (κ3) is 5.68. The van der Waals surface area contributed by atoms with Gasteiger partial charge in [-0.3, -0.25) is 9.59 Å². The van der Waals surface area contributed by atoms with E-state index in [1.807, 2.05) is 13.0 Å². The lowest BCUT2D eigenvalue weighted by atomic mass is 9.76. The molecule has 1 aliphatic heterocycles. The van der Waals surface area contributed by atoms with Gasteiger partial charge in [0, 0.05) is 29.7 Å². The van der Waals surface area contributed by atoms with E-state index < -0.39 is 23.3 Å². The largest absolute Gasteiger partial charge is 0.464 e. The number of carbonyl (C=O) groups excluding carboxylic acids is 3. The summed E-state index contributed by atoms with van der Waals surface area (Å²) < 4.78 is 16.1.